The first kappa shape index (κ1) is 17.0. The average molecular weight is 377 g/mol. The summed E-state index contributed by atoms with van der Waals surface area (Å²) >= 11 is 3.33. The van der Waals surface area contributed by atoms with E-state index in [2.05, 4.69) is 21.1 Å². The summed E-state index contributed by atoms with van der Waals surface area (Å²) < 4.78 is 6.38. The summed E-state index contributed by atoms with van der Waals surface area (Å²) in [5.74, 6) is 0.266. The van der Waals surface area contributed by atoms with Crippen LogP contribution in [0.1, 0.15) is 29.3 Å². The molecule has 0 amide bonds. The monoisotopic (exact) mass is 376 g/mol. The van der Waals surface area contributed by atoms with E-state index >= 15 is 0 Å². The molecule has 2 aromatic rings. The van der Waals surface area contributed by atoms with Crippen LogP contribution in [0, 0.1) is 0 Å². The fourth-order valence-electron chi connectivity index (χ4n) is 1.72. The molecule has 0 aliphatic rings. The normalized spacial score (nSPS) is 11.1. The zero-order chi connectivity index (χ0) is 16.7. The maximum atomic E-state index is 11.9. The minimum atomic E-state index is -0.577. The van der Waals surface area contributed by atoms with Crippen molar-refractivity contribution in [2.45, 2.75) is 13.3 Å². The number of amidine groups is 1. The molecule has 0 aromatic heterocycles. The molecule has 0 saturated heterocycles. The first-order valence-corrected chi connectivity index (χ1v) is 7.93. The van der Waals surface area contributed by atoms with Gasteiger partial charge in [-0.2, -0.15) is 0 Å². The minimum absolute atomic E-state index is 0.133. The number of carbonyl (C=O) groups is 1. The fraction of sp³-hybridized carbons (Fsp3) is 0.176. The number of benzene rings is 2. The largest absolute Gasteiger partial charge is 0.494 e. The van der Waals surface area contributed by atoms with Crippen LogP contribution in [-0.2, 0) is 4.84 Å². The Hall–Kier alpha value is -2.34. The number of nitrogens with two attached hydrogens (primary N) is 1. The highest BCUT2D eigenvalue weighted by molar-refractivity contribution is 9.10. The summed E-state index contributed by atoms with van der Waals surface area (Å²) in [5.41, 5.74) is 6.83. The van der Waals surface area contributed by atoms with Gasteiger partial charge in [-0.05, 0) is 42.8 Å². The highest BCUT2D eigenvalue weighted by Crippen LogP contribution is 2.14. The van der Waals surface area contributed by atoms with Crippen LogP contribution >= 0.6 is 15.9 Å². The van der Waals surface area contributed by atoms with Gasteiger partial charge in [0.05, 0.1) is 12.2 Å². The summed E-state index contributed by atoms with van der Waals surface area (Å²) in [5, 5.41) is 3.67. The van der Waals surface area contributed by atoms with Crippen LogP contribution in [0.2, 0.25) is 0 Å². The third-order valence-corrected chi connectivity index (χ3v) is 3.46. The van der Waals surface area contributed by atoms with Gasteiger partial charge in [0.15, 0.2) is 5.84 Å². The molecule has 0 atom stereocenters. The van der Waals surface area contributed by atoms with Crippen LogP contribution in [0.3, 0.4) is 0 Å². The Bertz CT molecular complexity index is 682. The molecule has 0 unspecified atom stereocenters. The first-order chi connectivity index (χ1) is 11.1. The Morgan fingerprint density at radius 2 is 1.70 bits per heavy atom. The lowest BCUT2D eigenvalue weighted by molar-refractivity contribution is 0.0516. The third-order valence-electron chi connectivity index (χ3n) is 2.93. The lowest BCUT2D eigenvalue weighted by Crippen LogP contribution is -2.15. The highest BCUT2D eigenvalue weighted by atomic mass is 79.9. The molecule has 2 rings (SSSR count). The van der Waals surface area contributed by atoms with Crippen molar-refractivity contribution in [1.82, 2.24) is 0 Å². The van der Waals surface area contributed by atoms with E-state index < -0.39 is 5.97 Å². The topological polar surface area (TPSA) is 73.9 Å². The molecule has 23 heavy (non-hydrogen) atoms. The van der Waals surface area contributed by atoms with Gasteiger partial charge in [0.25, 0.3) is 0 Å². The van der Waals surface area contributed by atoms with E-state index in [1.807, 2.05) is 19.1 Å². The van der Waals surface area contributed by atoms with Crippen molar-refractivity contribution in [1.29, 1.82) is 0 Å². The van der Waals surface area contributed by atoms with Crippen LogP contribution in [-0.4, -0.2) is 18.4 Å². The van der Waals surface area contributed by atoms with E-state index in [0.717, 1.165) is 10.9 Å². The van der Waals surface area contributed by atoms with Crippen LogP contribution < -0.4 is 10.5 Å². The number of oxime groups is 1. The molecule has 2 aromatic carbocycles. The molecule has 0 radical (unpaired) electrons. The summed E-state index contributed by atoms with van der Waals surface area (Å²) in [6, 6.07) is 13.9. The van der Waals surface area contributed by atoms with Crippen molar-refractivity contribution in [3.05, 3.63) is 64.1 Å². The Kier molecular flexibility index (Phi) is 6.17. The van der Waals surface area contributed by atoms with Crippen LogP contribution in [0.15, 0.2) is 58.2 Å². The SMILES string of the molecule is CCCOc1ccc(C(=O)O/N=C(/N)c2ccc(Br)cc2)cc1. The van der Waals surface area contributed by atoms with Gasteiger partial charge in [0.2, 0.25) is 0 Å². The molecular weight excluding hydrogens is 360 g/mol. The molecule has 6 heteroatoms. The molecule has 0 aliphatic heterocycles. The zero-order valence-corrected chi connectivity index (χ0v) is 14.2. The number of halogens is 1. The van der Waals surface area contributed by atoms with Crippen LogP contribution in [0.5, 0.6) is 5.75 Å². The van der Waals surface area contributed by atoms with Gasteiger partial charge in [-0.3, -0.25) is 0 Å². The molecule has 0 saturated carbocycles. The molecule has 0 heterocycles. The Balaban J connectivity index is 1.98. The Morgan fingerprint density at radius 3 is 2.30 bits per heavy atom. The zero-order valence-electron chi connectivity index (χ0n) is 12.7. The van der Waals surface area contributed by atoms with Crippen molar-refractivity contribution in [2.75, 3.05) is 6.61 Å². The number of rotatable bonds is 6. The number of hydrogen-bond acceptors (Lipinski definition) is 4. The van der Waals surface area contributed by atoms with Gasteiger partial charge in [-0.15, -0.1) is 0 Å². The van der Waals surface area contributed by atoms with Gasteiger partial charge in [-0.25, -0.2) is 4.79 Å². The Labute approximate surface area is 143 Å². The van der Waals surface area contributed by atoms with Gasteiger partial charge in [-0.1, -0.05) is 40.1 Å². The van der Waals surface area contributed by atoms with Gasteiger partial charge < -0.3 is 15.3 Å². The van der Waals surface area contributed by atoms with Gasteiger partial charge in [0.1, 0.15) is 5.75 Å². The fourth-order valence-corrected chi connectivity index (χ4v) is 1.99. The quantitative estimate of drug-likeness (QED) is 0.360. The average Bonchev–Trinajstić information content (AvgIpc) is 2.58. The summed E-state index contributed by atoms with van der Waals surface area (Å²) in [6.07, 6.45) is 0.924. The van der Waals surface area contributed by atoms with E-state index in [0.29, 0.717) is 23.5 Å². The van der Waals surface area contributed by atoms with E-state index in [-0.39, 0.29) is 5.84 Å². The number of carbonyl (C=O) groups excluding carboxylic acids is 1. The predicted octanol–water partition coefficient (Wildman–Crippen LogP) is 3.72. The second kappa shape index (κ2) is 8.33. The number of ether oxygens (including phenoxy) is 1. The second-order valence-electron chi connectivity index (χ2n) is 4.74. The second-order valence-corrected chi connectivity index (χ2v) is 5.65. The van der Waals surface area contributed by atoms with Crippen LogP contribution in [0.4, 0.5) is 0 Å². The van der Waals surface area contributed by atoms with E-state index in [1.165, 1.54) is 0 Å². The van der Waals surface area contributed by atoms with Crippen molar-refractivity contribution >= 4 is 27.7 Å². The molecule has 0 bridgehead atoms. The molecule has 0 fully saturated rings. The first-order valence-electron chi connectivity index (χ1n) is 7.13. The van der Waals surface area contributed by atoms with E-state index in [1.54, 1.807) is 36.4 Å². The predicted molar refractivity (Wildman–Crippen MR) is 92.5 cm³/mol. The van der Waals surface area contributed by atoms with Gasteiger partial charge in [0, 0.05) is 10.0 Å². The maximum absolute atomic E-state index is 11.9. The molecular formula is C17H17BrN2O3. The lowest BCUT2D eigenvalue weighted by Gasteiger charge is -2.05. The van der Waals surface area contributed by atoms with E-state index in [4.69, 9.17) is 15.3 Å². The minimum Gasteiger partial charge on any atom is -0.494 e. The van der Waals surface area contributed by atoms with Crippen molar-refractivity contribution in [2.24, 2.45) is 10.9 Å². The molecule has 5 nitrogen and oxygen atoms in total. The summed E-state index contributed by atoms with van der Waals surface area (Å²) in [6.45, 7) is 2.66. The molecule has 0 aliphatic carbocycles. The maximum Gasteiger partial charge on any atom is 0.365 e. The summed E-state index contributed by atoms with van der Waals surface area (Å²) in [7, 11) is 0. The van der Waals surface area contributed by atoms with Gasteiger partial charge >= 0.3 is 5.97 Å². The van der Waals surface area contributed by atoms with E-state index in [9.17, 15) is 4.79 Å². The molecule has 2 N–H and O–H groups in total. The smallest absolute Gasteiger partial charge is 0.365 e. The van der Waals surface area contributed by atoms with Crippen molar-refractivity contribution in [3.8, 4) is 5.75 Å². The van der Waals surface area contributed by atoms with Crippen LogP contribution in [0.25, 0.3) is 0 Å². The Morgan fingerprint density at radius 1 is 1.09 bits per heavy atom. The number of hydrogen-bond donors (Lipinski definition) is 1. The highest BCUT2D eigenvalue weighted by Gasteiger charge is 2.08. The third kappa shape index (κ3) is 5.10. The molecule has 120 valence electrons. The molecule has 0 spiro atoms. The lowest BCUT2D eigenvalue weighted by atomic mass is 10.2. The van der Waals surface area contributed by atoms with Crippen molar-refractivity contribution < 1.29 is 14.4 Å². The van der Waals surface area contributed by atoms with Crippen molar-refractivity contribution in [3.63, 3.8) is 0 Å². The summed E-state index contributed by atoms with van der Waals surface area (Å²) in [4.78, 5) is 16.8. The number of nitrogens with zero attached hydrogens (tertiary/aromatic N) is 1. The standard InChI is InChI=1S/C17H17BrN2O3/c1-2-11-22-15-9-5-13(6-10-15)17(21)23-20-16(19)12-3-7-14(18)8-4-12/h3-10H,2,11H2,1H3,(H2,19,20).